The molecule has 4 nitrogen and oxygen atoms in total. The first kappa shape index (κ1) is 16.7. The quantitative estimate of drug-likeness (QED) is 0.815. The average Bonchev–Trinajstić information content (AvgIpc) is 3.31. The molecule has 0 aromatic heterocycles. The molecule has 0 aliphatic carbocycles. The Morgan fingerprint density at radius 1 is 0.963 bits per heavy atom. The Labute approximate surface area is 160 Å². The Bertz CT molecular complexity index is 878. The van der Waals surface area contributed by atoms with E-state index in [0.717, 1.165) is 38.1 Å². The van der Waals surface area contributed by atoms with Gasteiger partial charge in [0.05, 0.1) is 18.7 Å². The smallest absolute Gasteiger partial charge is 0.223 e. The summed E-state index contributed by atoms with van der Waals surface area (Å²) in [5.41, 5.74) is 5.37. The fraction of sp³-hybridized carbons (Fsp3) is 0.435. The molecule has 2 atom stereocenters. The van der Waals surface area contributed by atoms with Gasteiger partial charge in [-0.2, -0.15) is 0 Å². The number of nitrogens with zero attached hydrogens (tertiary/aromatic N) is 2. The van der Waals surface area contributed by atoms with E-state index in [4.69, 9.17) is 4.74 Å². The van der Waals surface area contributed by atoms with Crippen molar-refractivity contribution in [3.8, 4) is 5.75 Å². The lowest BCUT2D eigenvalue weighted by Gasteiger charge is -2.43. The molecule has 0 bridgehead atoms. The van der Waals surface area contributed by atoms with Gasteiger partial charge in [0.15, 0.2) is 0 Å². The van der Waals surface area contributed by atoms with Crippen molar-refractivity contribution in [2.24, 2.45) is 0 Å². The number of carbonyl (C=O) groups excluding carboxylic acids is 1. The summed E-state index contributed by atoms with van der Waals surface area (Å²) < 4.78 is 5.96. The average molecular weight is 362 g/mol. The normalized spacial score (nSPS) is 23.7. The van der Waals surface area contributed by atoms with Crippen LogP contribution in [0.15, 0.2) is 42.5 Å². The van der Waals surface area contributed by atoms with Crippen molar-refractivity contribution in [2.45, 2.75) is 44.7 Å². The van der Waals surface area contributed by atoms with E-state index < -0.39 is 0 Å². The second-order valence-corrected chi connectivity index (χ2v) is 7.73. The zero-order valence-electron chi connectivity index (χ0n) is 15.9. The number of anilines is 1. The number of benzene rings is 2. The Hall–Kier alpha value is -2.49. The van der Waals surface area contributed by atoms with Crippen LogP contribution >= 0.6 is 0 Å². The van der Waals surface area contributed by atoms with Crippen LogP contribution in [0.3, 0.4) is 0 Å². The first-order valence-electron chi connectivity index (χ1n) is 10.2. The minimum absolute atomic E-state index is 0.170. The van der Waals surface area contributed by atoms with Crippen molar-refractivity contribution < 1.29 is 9.53 Å². The summed E-state index contributed by atoms with van der Waals surface area (Å²) in [5, 5.41) is 0. The van der Waals surface area contributed by atoms with Gasteiger partial charge in [0.25, 0.3) is 0 Å². The van der Waals surface area contributed by atoms with E-state index in [1.165, 1.54) is 22.4 Å². The second kappa shape index (κ2) is 6.59. The fourth-order valence-corrected chi connectivity index (χ4v) is 5.19. The first-order valence-corrected chi connectivity index (χ1v) is 10.2. The molecule has 2 aromatic rings. The predicted octanol–water partition coefficient (Wildman–Crippen LogP) is 4.26. The van der Waals surface area contributed by atoms with Gasteiger partial charge in [-0.1, -0.05) is 36.4 Å². The molecule has 2 aromatic carbocycles. The zero-order valence-corrected chi connectivity index (χ0v) is 15.9. The maximum atomic E-state index is 12.6. The lowest BCUT2D eigenvalue weighted by molar-refractivity contribution is -0.130. The molecule has 1 saturated heterocycles. The molecule has 4 heteroatoms. The number of hydrogen-bond donors (Lipinski definition) is 0. The van der Waals surface area contributed by atoms with Crippen LogP contribution in [0.1, 0.15) is 55.0 Å². The largest absolute Gasteiger partial charge is 0.494 e. The van der Waals surface area contributed by atoms with Crippen LogP contribution in [0.5, 0.6) is 5.75 Å². The van der Waals surface area contributed by atoms with Gasteiger partial charge in [0.1, 0.15) is 5.75 Å². The van der Waals surface area contributed by atoms with Gasteiger partial charge in [-0.05, 0) is 43.4 Å². The zero-order chi connectivity index (χ0) is 18.4. The third-order valence-electron chi connectivity index (χ3n) is 6.31. The molecular formula is C23H26N2O2. The van der Waals surface area contributed by atoms with Crippen LogP contribution in [0.4, 0.5) is 5.69 Å². The molecule has 3 heterocycles. The summed E-state index contributed by atoms with van der Waals surface area (Å²) in [4.78, 5) is 17.2. The van der Waals surface area contributed by atoms with Crippen molar-refractivity contribution in [2.75, 3.05) is 24.6 Å². The molecule has 3 aliphatic heterocycles. The molecule has 3 aliphatic rings. The lowest BCUT2D eigenvalue weighted by atomic mass is 9.86. The van der Waals surface area contributed by atoms with E-state index in [1.807, 2.05) is 13.0 Å². The van der Waals surface area contributed by atoms with E-state index in [-0.39, 0.29) is 12.1 Å². The van der Waals surface area contributed by atoms with E-state index in [1.54, 1.807) is 0 Å². The third-order valence-corrected chi connectivity index (χ3v) is 6.31. The second-order valence-electron chi connectivity index (χ2n) is 7.73. The molecule has 0 saturated carbocycles. The van der Waals surface area contributed by atoms with Gasteiger partial charge >= 0.3 is 0 Å². The van der Waals surface area contributed by atoms with Crippen LogP contribution in [-0.2, 0) is 11.2 Å². The lowest BCUT2D eigenvalue weighted by Crippen LogP contribution is -2.39. The van der Waals surface area contributed by atoms with Gasteiger partial charge in [0.2, 0.25) is 5.91 Å². The summed E-state index contributed by atoms with van der Waals surface area (Å²) in [6.07, 6.45) is 3.69. The molecule has 5 rings (SSSR count). The molecule has 0 N–H and O–H groups in total. The van der Waals surface area contributed by atoms with Crippen molar-refractivity contribution in [1.82, 2.24) is 4.90 Å². The summed E-state index contributed by atoms with van der Waals surface area (Å²) >= 11 is 0. The Morgan fingerprint density at radius 3 is 2.59 bits per heavy atom. The Balaban J connectivity index is 1.62. The van der Waals surface area contributed by atoms with E-state index in [0.29, 0.717) is 18.9 Å². The maximum Gasteiger partial charge on any atom is 0.223 e. The van der Waals surface area contributed by atoms with Crippen molar-refractivity contribution >= 4 is 11.6 Å². The van der Waals surface area contributed by atoms with Crippen LogP contribution in [0.2, 0.25) is 0 Å². The van der Waals surface area contributed by atoms with Crippen molar-refractivity contribution in [3.05, 3.63) is 59.2 Å². The topological polar surface area (TPSA) is 32.8 Å². The predicted molar refractivity (Wildman–Crippen MR) is 106 cm³/mol. The highest BCUT2D eigenvalue weighted by Crippen LogP contribution is 2.51. The van der Waals surface area contributed by atoms with Gasteiger partial charge < -0.3 is 14.5 Å². The van der Waals surface area contributed by atoms with E-state index in [9.17, 15) is 4.79 Å². The van der Waals surface area contributed by atoms with Crippen LogP contribution in [0.25, 0.3) is 0 Å². The standard InChI is InChI=1S/C23H26N2O2/c1-2-27-21-10-4-3-8-17(21)19-15-20(24-13-6-11-22(24)26)18-9-5-7-16-12-14-25(19)23(16)18/h3-5,7-10,19-20H,2,6,11-15H2,1H3. The van der Waals surface area contributed by atoms with Crippen molar-refractivity contribution in [1.29, 1.82) is 0 Å². The first-order chi connectivity index (χ1) is 13.3. The number of likely N-dealkylation sites (tertiary alicyclic amines) is 1. The van der Waals surface area contributed by atoms with Crippen LogP contribution < -0.4 is 9.64 Å². The molecule has 27 heavy (non-hydrogen) atoms. The fourth-order valence-electron chi connectivity index (χ4n) is 5.19. The third kappa shape index (κ3) is 2.61. The summed E-state index contributed by atoms with van der Waals surface area (Å²) in [5.74, 6) is 1.28. The number of para-hydroxylation sites is 2. The van der Waals surface area contributed by atoms with Crippen LogP contribution in [-0.4, -0.2) is 30.5 Å². The molecule has 2 unspecified atom stereocenters. The number of ether oxygens (including phenoxy) is 1. The number of amides is 1. The monoisotopic (exact) mass is 362 g/mol. The molecule has 140 valence electrons. The summed E-state index contributed by atoms with van der Waals surface area (Å²) in [6.45, 7) is 4.62. The highest BCUT2D eigenvalue weighted by atomic mass is 16.5. The van der Waals surface area contributed by atoms with Gasteiger partial charge in [-0.25, -0.2) is 0 Å². The molecule has 1 amide bonds. The highest BCUT2D eigenvalue weighted by Gasteiger charge is 2.42. The number of rotatable bonds is 4. The minimum atomic E-state index is 0.170. The number of carbonyl (C=O) groups is 1. The van der Waals surface area contributed by atoms with E-state index in [2.05, 4.69) is 46.2 Å². The Kier molecular flexibility index (Phi) is 4.07. The van der Waals surface area contributed by atoms with Crippen molar-refractivity contribution in [3.63, 3.8) is 0 Å². The Morgan fingerprint density at radius 2 is 1.78 bits per heavy atom. The van der Waals surface area contributed by atoms with Gasteiger partial charge in [-0.3, -0.25) is 4.79 Å². The van der Waals surface area contributed by atoms with Gasteiger partial charge in [0, 0.05) is 30.8 Å². The van der Waals surface area contributed by atoms with E-state index >= 15 is 0 Å². The number of hydrogen-bond acceptors (Lipinski definition) is 3. The van der Waals surface area contributed by atoms with Crippen LogP contribution in [0, 0.1) is 0 Å². The maximum absolute atomic E-state index is 12.6. The molecular weight excluding hydrogens is 336 g/mol. The highest BCUT2D eigenvalue weighted by molar-refractivity contribution is 5.80. The molecule has 0 radical (unpaired) electrons. The minimum Gasteiger partial charge on any atom is -0.494 e. The molecule has 0 spiro atoms. The SMILES string of the molecule is CCOc1ccccc1C1CC(N2CCCC2=O)c2cccc3c2N1CC3. The van der Waals surface area contributed by atoms with Gasteiger partial charge in [-0.15, -0.1) is 0 Å². The summed E-state index contributed by atoms with van der Waals surface area (Å²) in [6, 6.07) is 15.5. The molecule has 1 fully saturated rings. The summed E-state index contributed by atoms with van der Waals surface area (Å²) in [7, 11) is 0.